The number of pyridine rings is 1. The number of non-ortho nitro benzene ring substituents is 1. The van der Waals surface area contributed by atoms with E-state index in [1.165, 1.54) is 12.1 Å². The molecule has 0 bridgehead atoms. The Kier molecular flexibility index (Phi) is 4.38. The first-order valence-corrected chi connectivity index (χ1v) is 7.94. The molecule has 0 aliphatic carbocycles. The molecule has 0 amide bonds. The minimum Gasteiger partial charge on any atom is -0.383 e. The first-order valence-electron chi connectivity index (χ1n) is 7.94. The molecule has 6 nitrogen and oxygen atoms in total. The molecular formula is C20H16N4O2. The number of benzene rings is 2. The number of aromatic nitrogens is 1. The molecular weight excluding hydrogens is 328 g/mol. The maximum Gasteiger partial charge on any atom is 0.270 e. The van der Waals surface area contributed by atoms with Crippen LogP contribution in [-0.4, -0.2) is 9.91 Å². The Balaban J connectivity index is 2.27. The molecule has 26 heavy (non-hydrogen) atoms. The number of nitro groups is 1. The molecule has 0 unspecified atom stereocenters. The maximum atomic E-state index is 11.0. The van der Waals surface area contributed by atoms with E-state index in [0.717, 1.165) is 16.7 Å². The van der Waals surface area contributed by atoms with Crippen LogP contribution in [0.5, 0.6) is 0 Å². The average Bonchev–Trinajstić information content (AvgIpc) is 2.63. The summed E-state index contributed by atoms with van der Waals surface area (Å²) in [5.74, 6) is 0.104. The molecule has 2 N–H and O–H groups in total. The van der Waals surface area contributed by atoms with Crippen LogP contribution in [-0.2, 0) is 0 Å². The summed E-state index contributed by atoms with van der Waals surface area (Å²) >= 11 is 0. The van der Waals surface area contributed by atoms with Gasteiger partial charge in [-0.1, -0.05) is 35.9 Å². The number of nitrogens with two attached hydrogens (primary N) is 1. The van der Waals surface area contributed by atoms with Crippen molar-refractivity contribution < 1.29 is 4.92 Å². The fourth-order valence-corrected chi connectivity index (χ4v) is 2.85. The van der Waals surface area contributed by atoms with Crippen molar-refractivity contribution in [3.63, 3.8) is 0 Å². The number of nitrogens with zero attached hydrogens (tertiary/aromatic N) is 3. The highest BCUT2D eigenvalue weighted by Gasteiger charge is 2.16. The molecule has 0 saturated heterocycles. The van der Waals surface area contributed by atoms with Gasteiger partial charge in [0, 0.05) is 23.3 Å². The van der Waals surface area contributed by atoms with Gasteiger partial charge in [-0.25, -0.2) is 4.98 Å². The maximum absolute atomic E-state index is 11.0. The predicted octanol–water partition coefficient (Wildman–Crippen LogP) is 4.39. The highest BCUT2D eigenvalue weighted by atomic mass is 16.6. The van der Waals surface area contributed by atoms with Gasteiger partial charge >= 0.3 is 0 Å². The van der Waals surface area contributed by atoms with Crippen LogP contribution in [0.15, 0.2) is 48.5 Å². The van der Waals surface area contributed by atoms with Crippen molar-refractivity contribution in [1.82, 2.24) is 4.98 Å². The minimum absolute atomic E-state index is 0.0273. The summed E-state index contributed by atoms with van der Waals surface area (Å²) in [5, 5.41) is 20.6. The Morgan fingerprint density at radius 3 is 2.58 bits per heavy atom. The van der Waals surface area contributed by atoms with Crippen molar-refractivity contribution in [1.29, 1.82) is 5.26 Å². The van der Waals surface area contributed by atoms with Gasteiger partial charge in [0.15, 0.2) is 0 Å². The van der Waals surface area contributed by atoms with E-state index in [-0.39, 0.29) is 11.5 Å². The molecule has 0 aliphatic rings. The topological polar surface area (TPSA) is 106 Å². The Hall–Kier alpha value is -3.72. The molecule has 3 rings (SSSR count). The fourth-order valence-electron chi connectivity index (χ4n) is 2.85. The lowest BCUT2D eigenvalue weighted by atomic mass is 9.94. The zero-order valence-electron chi connectivity index (χ0n) is 14.4. The van der Waals surface area contributed by atoms with Gasteiger partial charge in [0.2, 0.25) is 0 Å². The molecule has 128 valence electrons. The van der Waals surface area contributed by atoms with Crippen molar-refractivity contribution >= 4 is 11.5 Å². The number of aryl methyl sites for hydroxylation is 2. The molecule has 0 fully saturated rings. The van der Waals surface area contributed by atoms with E-state index >= 15 is 0 Å². The van der Waals surface area contributed by atoms with Gasteiger partial charge in [-0.05, 0) is 31.0 Å². The Labute approximate surface area is 150 Å². The quantitative estimate of drug-likeness (QED) is 0.560. The summed E-state index contributed by atoms with van der Waals surface area (Å²) in [6.45, 7) is 3.93. The molecule has 0 radical (unpaired) electrons. The zero-order chi connectivity index (χ0) is 18.8. The van der Waals surface area contributed by atoms with E-state index in [4.69, 9.17) is 5.73 Å². The number of hydrogen-bond donors (Lipinski definition) is 1. The van der Waals surface area contributed by atoms with Crippen LogP contribution < -0.4 is 5.73 Å². The van der Waals surface area contributed by atoms with Crippen molar-refractivity contribution in [2.24, 2.45) is 0 Å². The van der Waals surface area contributed by atoms with E-state index < -0.39 is 4.92 Å². The van der Waals surface area contributed by atoms with Crippen LogP contribution in [0.25, 0.3) is 22.4 Å². The van der Waals surface area contributed by atoms with E-state index in [9.17, 15) is 15.4 Å². The second-order valence-electron chi connectivity index (χ2n) is 6.05. The van der Waals surface area contributed by atoms with Crippen LogP contribution in [0.4, 0.5) is 11.5 Å². The SMILES string of the molecule is Cc1ccc(C)c(-c2cc(-c3cccc([N+](=O)[O-])c3)nc(N)c2C#N)c1. The van der Waals surface area contributed by atoms with Gasteiger partial charge in [0.05, 0.1) is 10.6 Å². The summed E-state index contributed by atoms with van der Waals surface area (Å²) in [5.41, 5.74) is 11.0. The van der Waals surface area contributed by atoms with E-state index in [0.29, 0.717) is 22.4 Å². The summed E-state index contributed by atoms with van der Waals surface area (Å²) in [7, 11) is 0. The largest absolute Gasteiger partial charge is 0.383 e. The molecule has 0 spiro atoms. The minimum atomic E-state index is -0.456. The third-order valence-electron chi connectivity index (χ3n) is 4.20. The highest BCUT2D eigenvalue weighted by molar-refractivity contribution is 5.82. The van der Waals surface area contributed by atoms with Crippen molar-refractivity contribution in [2.45, 2.75) is 13.8 Å². The first kappa shape index (κ1) is 17.1. The van der Waals surface area contributed by atoms with E-state index in [2.05, 4.69) is 11.1 Å². The normalized spacial score (nSPS) is 10.3. The molecule has 0 saturated carbocycles. The smallest absolute Gasteiger partial charge is 0.270 e. The fraction of sp³-hybridized carbons (Fsp3) is 0.100. The van der Waals surface area contributed by atoms with Crippen molar-refractivity contribution in [3.8, 4) is 28.5 Å². The van der Waals surface area contributed by atoms with Crippen molar-refractivity contribution in [3.05, 3.63) is 75.3 Å². The molecule has 3 aromatic rings. The van der Waals surface area contributed by atoms with Gasteiger partial charge in [-0.3, -0.25) is 10.1 Å². The van der Waals surface area contributed by atoms with Crippen LogP contribution in [0.3, 0.4) is 0 Å². The number of hydrogen-bond acceptors (Lipinski definition) is 5. The lowest BCUT2D eigenvalue weighted by molar-refractivity contribution is -0.384. The molecule has 6 heteroatoms. The summed E-state index contributed by atoms with van der Waals surface area (Å²) in [4.78, 5) is 14.9. The van der Waals surface area contributed by atoms with Crippen LogP contribution in [0, 0.1) is 35.3 Å². The third-order valence-corrected chi connectivity index (χ3v) is 4.20. The summed E-state index contributed by atoms with van der Waals surface area (Å²) in [6, 6.07) is 16.0. The third kappa shape index (κ3) is 3.10. The number of rotatable bonds is 3. The van der Waals surface area contributed by atoms with Crippen LogP contribution in [0.1, 0.15) is 16.7 Å². The van der Waals surface area contributed by atoms with Gasteiger partial charge in [-0.15, -0.1) is 0 Å². The lowest BCUT2D eigenvalue weighted by Gasteiger charge is -2.13. The van der Waals surface area contributed by atoms with E-state index in [1.54, 1.807) is 18.2 Å². The number of nitriles is 1. The molecule has 1 aromatic heterocycles. The van der Waals surface area contributed by atoms with Gasteiger partial charge < -0.3 is 5.73 Å². The Morgan fingerprint density at radius 2 is 1.88 bits per heavy atom. The predicted molar refractivity (Wildman–Crippen MR) is 100 cm³/mol. The second kappa shape index (κ2) is 6.65. The standard InChI is InChI=1S/C20H16N4O2/c1-12-6-7-13(2)16(8-12)17-10-19(23-20(22)18(17)11-21)14-4-3-5-15(9-14)24(25)26/h3-10H,1-2H3,(H2,22,23). The number of nitrogen functional groups attached to an aromatic ring is 1. The molecule has 2 aromatic carbocycles. The van der Waals surface area contributed by atoms with Crippen LogP contribution in [0.2, 0.25) is 0 Å². The summed E-state index contributed by atoms with van der Waals surface area (Å²) < 4.78 is 0. The number of anilines is 1. The van der Waals surface area contributed by atoms with Gasteiger partial charge in [0.1, 0.15) is 17.5 Å². The number of nitro benzene ring substituents is 1. The molecule has 0 aliphatic heterocycles. The Morgan fingerprint density at radius 1 is 1.12 bits per heavy atom. The molecule has 0 atom stereocenters. The highest BCUT2D eigenvalue weighted by Crippen LogP contribution is 2.34. The van der Waals surface area contributed by atoms with Crippen molar-refractivity contribution in [2.75, 3.05) is 5.73 Å². The lowest BCUT2D eigenvalue weighted by Crippen LogP contribution is -2.01. The Bertz CT molecular complexity index is 1070. The average molecular weight is 344 g/mol. The van der Waals surface area contributed by atoms with Gasteiger partial charge in [-0.2, -0.15) is 5.26 Å². The van der Waals surface area contributed by atoms with E-state index in [1.807, 2.05) is 32.0 Å². The zero-order valence-corrected chi connectivity index (χ0v) is 14.4. The first-order chi connectivity index (χ1) is 12.4. The van der Waals surface area contributed by atoms with Gasteiger partial charge in [0.25, 0.3) is 5.69 Å². The summed E-state index contributed by atoms with van der Waals surface area (Å²) in [6.07, 6.45) is 0. The van der Waals surface area contributed by atoms with Crippen LogP contribution >= 0.6 is 0 Å². The molecule has 1 heterocycles. The monoisotopic (exact) mass is 344 g/mol. The second-order valence-corrected chi connectivity index (χ2v) is 6.05.